The summed E-state index contributed by atoms with van der Waals surface area (Å²) >= 11 is 0. The van der Waals surface area contributed by atoms with E-state index in [4.69, 9.17) is 4.74 Å². The van der Waals surface area contributed by atoms with Gasteiger partial charge in [0.2, 0.25) is 0 Å². The molecule has 0 aromatic carbocycles. The zero-order chi connectivity index (χ0) is 11.5. The van der Waals surface area contributed by atoms with Gasteiger partial charge in [-0.2, -0.15) is 0 Å². The van der Waals surface area contributed by atoms with Crippen molar-refractivity contribution < 1.29 is 14.3 Å². The first-order chi connectivity index (χ1) is 6.90. The molecule has 0 unspecified atom stereocenters. The molecule has 1 rings (SSSR count). The van der Waals surface area contributed by atoms with E-state index in [0.29, 0.717) is 6.61 Å². The fraction of sp³-hybridized carbons (Fsp3) is 0.600. The van der Waals surface area contributed by atoms with E-state index >= 15 is 0 Å². The normalized spacial score (nSPS) is 16.6. The predicted octanol–water partition coefficient (Wildman–Crippen LogP) is 1.22. The Balaban J connectivity index is 2.21. The molecule has 1 heterocycles. The summed E-state index contributed by atoms with van der Waals surface area (Å²) in [5, 5.41) is 0. The third kappa shape index (κ3) is 3.97. The van der Waals surface area contributed by atoms with Crippen LogP contribution < -0.4 is 0 Å². The average molecular weight is 227 g/mol. The SMILES string of the molecule is C[Si](C)(C)CCOCN1C(=O)C=CC1=O. The lowest BCUT2D eigenvalue weighted by Gasteiger charge is -2.18. The molecule has 5 heteroatoms. The van der Waals surface area contributed by atoms with Gasteiger partial charge in [-0.1, -0.05) is 19.6 Å². The molecule has 0 spiro atoms. The van der Waals surface area contributed by atoms with Gasteiger partial charge in [-0.25, -0.2) is 0 Å². The zero-order valence-corrected chi connectivity index (χ0v) is 10.4. The molecule has 0 fully saturated rings. The monoisotopic (exact) mass is 227 g/mol. The highest BCUT2D eigenvalue weighted by Gasteiger charge is 2.23. The van der Waals surface area contributed by atoms with Crippen LogP contribution in [-0.2, 0) is 14.3 Å². The third-order valence-electron chi connectivity index (χ3n) is 2.12. The molecule has 0 saturated carbocycles. The number of nitrogens with zero attached hydrogens (tertiary/aromatic N) is 1. The molecule has 1 aliphatic heterocycles. The van der Waals surface area contributed by atoms with Crippen LogP contribution in [0.2, 0.25) is 25.7 Å². The number of rotatable bonds is 5. The van der Waals surface area contributed by atoms with Crippen molar-refractivity contribution in [3.63, 3.8) is 0 Å². The molecule has 0 radical (unpaired) electrons. The van der Waals surface area contributed by atoms with E-state index in [2.05, 4.69) is 19.6 Å². The van der Waals surface area contributed by atoms with Crippen LogP contribution in [0.4, 0.5) is 0 Å². The molecule has 84 valence electrons. The quantitative estimate of drug-likeness (QED) is 0.403. The summed E-state index contributed by atoms with van der Waals surface area (Å²) in [4.78, 5) is 23.3. The van der Waals surface area contributed by atoms with Crippen LogP contribution in [0.25, 0.3) is 0 Å². The maximum atomic E-state index is 11.1. The molecule has 0 aromatic heterocycles. The van der Waals surface area contributed by atoms with Gasteiger partial charge in [-0.3, -0.25) is 14.5 Å². The number of ether oxygens (including phenoxy) is 1. The second-order valence-corrected chi connectivity index (χ2v) is 10.4. The van der Waals surface area contributed by atoms with E-state index < -0.39 is 8.07 Å². The number of carbonyl (C=O) groups excluding carboxylic acids is 2. The number of imide groups is 1. The third-order valence-corrected chi connectivity index (χ3v) is 3.82. The second kappa shape index (κ2) is 4.72. The molecule has 1 aliphatic rings. The van der Waals surface area contributed by atoms with Gasteiger partial charge in [0.15, 0.2) is 0 Å². The smallest absolute Gasteiger partial charge is 0.255 e. The van der Waals surface area contributed by atoms with E-state index in [9.17, 15) is 9.59 Å². The molecule has 0 aliphatic carbocycles. The van der Waals surface area contributed by atoms with Crippen LogP contribution in [0.5, 0.6) is 0 Å². The van der Waals surface area contributed by atoms with Gasteiger partial charge in [-0.05, 0) is 6.04 Å². The first kappa shape index (κ1) is 12.1. The maximum Gasteiger partial charge on any atom is 0.255 e. The van der Waals surface area contributed by atoms with E-state index in [1.165, 1.54) is 12.2 Å². The number of hydrogen-bond donors (Lipinski definition) is 0. The molecule has 0 bridgehead atoms. The van der Waals surface area contributed by atoms with Crippen molar-refractivity contribution in [2.45, 2.75) is 25.7 Å². The Morgan fingerprint density at radius 2 is 1.73 bits per heavy atom. The lowest BCUT2D eigenvalue weighted by molar-refractivity contribution is -0.142. The minimum absolute atomic E-state index is 0.0785. The standard InChI is InChI=1S/C10H17NO3Si/c1-15(2,3)7-6-14-8-11-9(12)4-5-10(11)13/h4-5H,6-8H2,1-3H3. The van der Waals surface area contributed by atoms with Gasteiger partial charge in [0.05, 0.1) is 0 Å². The molecular formula is C10H17NO3Si. The van der Waals surface area contributed by atoms with E-state index in [1.54, 1.807) is 0 Å². The predicted molar refractivity (Wildman–Crippen MR) is 60.0 cm³/mol. The number of amides is 2. The fourth-order valence-electron chi connectivity index (χ4n) is 1.09. The largest absolute Gasteiger partial charge is 0.361 e. The van der Waals surface area contributed by atoms with Crippen molar-refractivity contribution in [2.75, 3.05) is 13.3 Å². The highest BCUT2D eigenvalue weighted by Crippen LogP contribution is 2.08. The summed E-state index contributed by atoms with van der Waals surface area (Å²) < 4.78 is 5.31. The summed E-state index contributed by atoms with van der Waals surface area (Å²) in [5.74, 6) is -0.569. The first-order valence-corrected chi connectivity index (χ1v) is 8.72. The zero-order valence-electron chi connectivity index (χ0n) is 9.45. The van der Waals surface area contributed by atoms with Crippen LogP contribution in [-0.4, -0.2) is 38.1 Å². The van der Waals surface area contributed by atoms with Crippen molar-refractivity contribution >= 4 is 19.9 Å². The summed E-state index contributed by atoms with van der Waals surface area (Å²) in [7, 11) is -1.10. The highest BCUT2D eigenvalue weighted by atomic mass is 28.3. The molecule has 0 saturated heterocycles. The van der Waals surface area contributed by atoms with E-state index in [-0.39, 0.29) is 18.5 Å². The van der Waals surface area contributed by atoms with Crippen LogP contribution in [0.1, 0.15) is 0 Å². The minimum atomic E-state index is -1.10. The van der Waals surface area contributed by atoms with E-state index in [1.807, 2.05) is 0 Å². The van der Waals surface area contributed by atoms with Crippen LogP contribution in [0.15, 0.2) is 12.2 Å². The Bertz CT molecular complexity index is 276. The lowest BCUT2D eigenvalue weighted by Crippen LogP contribution is -2.33. The Kier molecular flexibility index (Phi) is 3.81. The summed E-state index contributed by atoms with van der Waals surface area (Å²) in [6, 6.07) is 1.04. The Labute approximate surface area is 90.9 Å². The van der Waals surface area contributed by atoms with Gasteiger partial charge in [0, 0.05) is 26.8 Å². The van der Waals surface area contributed by atoms with Crippen LogP contribution in [0, 0.1) is 0 Å². The molecule has 0 atom stereocenters. The van der Waals surface area contributed by atoms with Crippen molar-refractivity contribution in [3.05, 3.63) is 12.2 Å². The first-order valence-electron chi connectivity index (χ1n) is 5.01. The molecule has 15 heavy (non-hydrogen) atoms. The molecular weight excluding hydrogens is 210 g/mol. The van der Waals surface area contributed by atoms with Crippen LogP contribution >= 0.6 is 0 Å². The second-order valence-electron chi connectivity index (χ2n) is 4.79. The molecule has 0 aromatic rings. The minimum Gasteiger partial charge on any atom is -0.361 e. The van der Waals surface area contributed by atoms with Crippen LogP contribution in [0.3, 0.4) is 0 Å². The Morgan fingerprint density at radius 1 is 1.20 bits per heavy atom. The number of carbonyl (C=O) groups is 2. The topological polar surface area (TPSA) is 46.6 Å². The lowest BCUT2D eigenvalue weighted by atomic mass is 10.6. The Morgan fingerprint density at radius 3 is 2.20 bits per heavy atom. The average Bonchev–Trinajstić information content (AvgIpc) is 2.40. The number of hydrogen-bond acceptors (Lipinski definition) is 3. The molecule has 2 amide bonds. The van der Waals surface area contributed by atoms with Gasteiger partial charge in [0.25, 0.3) is 11.8 Å². The van der Waals surface area contributed by atoms with Crippen molar-refractivity contribution in [1.29, 1.82) is 0 Å². The van der Waals surface area contributed by atoms with Gasteiger partial charge < -0.3 is 4.74 Å². The summed E-state index contributed by atoms with van der Waals surface area (Å²) in [5.41, 5.74) is 0. The van der Waals surface area contributed by atoms with Gasteiger partial charge in [-0.15, -0.1) is 0 Å². The Hall–Kier alpha value is -0.943. The summed E-state index contributed by atoms with van der Waals surface area (Å²) in [6.45, 7) is 7.46. The highest BCUT2D eigenvalue weighted by molar-refractivity contribution is 6.76. The van der Waals surface area contributed by atoms with Gasteiger partial charge in [0.1, 0.15) is 6.73 Å². The molecule has 4 nitrogen and oxygen atoms in total. The fourth-order valence-corrected chi connectivity index (χ4v) is 1.85. The summed E-state index contributed by atoms with van der Waals surface area (Å²) in [6.07, 6.45) is 2.54. The van der Waals surface area contributed by atoms with Crippen molar-refractivity contribution in [2.24, 2.45) is 0 Å². The van der Waals surface area contributed by atoms with E-state index in [0.717, 1.165) is 10.9 Å². The maximum absolute atomic E-state index is 11.1. The van der Waals surface area contributed by atoms with Crippen molar-refractivity contribution in [1.82, 2.24) is 4.90 Å². The van der Waals surface area contributed by atoms with Crippen molar-refractivity contribution in [3.8, 4) is 0 Å². The van der Waals surface area contributed by atoms with Gasteiger partial charge >= 0.3 is 0 Å². The molecule has 0 N–H and O–H groups in total.